The Bertz CT molecular complexity index is 987. The van der Waals surface area contributed by atoms with Crippen molar-refractivity contribution in [1.82, 2.24) is 0 Å². The van der Waals surface area contributed by atoms with Gasteiger partial charge in [-0.3, -0.25) is 4.79 Å². The van der Waals surface area contributed by atoms with E-state index in [9.17, 15) is 4.79 Å². The minimum atomic E-state index is -0.212. The molecule has 3 aromatic carbocycles. The SMILES string of the molecule is COc1c(Br)cc(C(=O)Nc2ccc(C)c(C)c2)cc1OCc1ccccc1. The van der Waals surface area contributed by atoms with E-state index in [4.69, 9.17) is 9.47 Å². The number of rotatable bonds is 6. The van der Waals surface area contributed by atoms with Crippen LogP contribution in [0.3, 0.4) is 0 Å². The number of halogens is 1. The van der Waals surface area contributed by atoms with Crippen LogP contribution < -0.4 is 14.8 Å². The van der Waals surface area contributed by atoms with Crippen LogP contribution in [0.1, 0.15) is 27.0 Å². The number of amides is 1. The second-order valence-electron chi connectivity index (χ2n) is 6.52. The molecule has 1 N–H and O–H groups in total. The maximum Gasteiger partial charge on any atom is 0.255 e. The maximum absolute atomic E-state index is 12.8. The fourth-order valence-corrected chi connectivity index (χ4v) is 3.37. The van der Waals surface area contributed by atoms with Crippen molar-refractivity contribution >= 4 is 27.5 Å². The van der Waals surface area contributed by atoms with Crippen molar-refractivity contribution in [1.29, 1.82) is 0 Å². The van der Waals surface area contributed by atoms with E-state index in [1.807, 2.05) is 62.4 Å². The van der Waals surface area contributed by atoms with Gasteiger partial charge in [-0.25, -0.2) is 0 Å². The van der Waals surface area contributed by atoms with Gasteiger partial charge in [0.25, 0.3) is 5.91 Å². The van der Waals surface area contributed by atoms with Crippen molar-refractivity contribution in [2.75, 3.05) is 12.4 Å². The normalized spacial score (nSPS) is 10.4. The molecule has 5 heteroatoms. The third-order valence-electron chi connectivity index (χ3n) is 4.48. The second kappa shape index (κ2) is 8.93. The molecule has 28 heavy (non-hydrogen) atoms. The van der Waals surface area contributed by atoms with Crippen LogP contribution in [0, 0.1) is 13.8 Å². The van der Waals surface area contributed by atoms with Crippen molar-refractivity contribution in [3.63, 3.8) is 0 Å². The zero-order chi connectivity index (χ0) is 20.1. The molecule has 0 aliphatic rings. The van der Waals surface area contributed by atoms with Crippen molar-refractivity contribution in [2.24, 2.45) is 0 Å². The summed E-state index contributed by atoms with van der Waals surface area (Å²) in [5.41, 5.74) is 4.58. The molecule has 0 fully saturated rings. The van der Waals surface area contributed by atoms with Crippen molar-refractivity contribution in [3.05, 3.63) is 87.4 Å². The molecular formula is C23H22BrNO3. The van der Waals surface area contributed by atoms with Gasteiger partial charge in [0, 0.05) is 11.3 Å². The molecule has 0 bridgehead atoms. The van der Waals surface area contributed by atoms with Gasteiger partial charge in [-0.15, -0.1) is 0 Å². The number of anilines is 1. The third kappa shape index (κ3) is 4.73. The van der Waals surface area contributed by atoms with Gasteiger partial charge in [-0.2, -0.15) is 0 Å². The fraction of sp³-hybridized carbons (Fsp3) is 0.174. The van der Waals surface area contributed by atoms with Crippen molar-refractivity contribution < 1.29 is 14.3 Å². The molecule has 0 aromatic heterocycles. The molecule has 144 valence electrons. The third-order valence-corrected chi connectivity index (χ3v) is 5.07. The van der Waals surface area contributed by atoms with Gasteiger partial charge < -0.3 is 14.8 Å². The lowest BCUT2D eigenvalue weighted by Gasteiger charge is -2.15. The molecule has 4 nitrogen and oxygen atoms in total. The highest BCUT2D eigenvalue weighted by Gasteiger charge is 2.16. The number of ether oxygens (including phenoxy) is 2. The minimum Gasteiger partial charge on any atom is -0.492 e. The number of hydrogen-bond acceptors (Lipinski definition) is 3. The zero-order valence-corrected chi connectivity index (χ0v) is 17.7. The molecule has 0 radical (unpaired) electrons. The first kappa shape index (κ1) is 20.0. The summed E-state index contributed by atoms with van der Waals surface area (Å²) < 4.78 is 12.0. The van der Waals surface area contributed by atoms with Crippen LogP contribution >= 0.6 is 15.9 Å². The van der Waals surface area contributed by atoms with Gasteiger partial charge in [0.2, 0.25) is 0 Å². The molecule has 3 rings (SSSR count). The van der Waals surface area contributed by atoms with E-state index in [2.05, 4.69) is 21.2 Å². The van der Waals surface area contributed by atoms with Gasteiger partial charge in [-0.1, -0.05) is 36.4 Å². The Morgan fingerprint density at radius 3 is 2.43 bits per heavy atom. The highest BCUT2D eigenvalue weighted by molar-refractivity contribution is 9.10. The van der Waals surface area contributed by atoms with Gasteiger partial charge in [0.05, 0.1) is 11.6 Å². The number of carbonyl (C=O) groups excluding carboxylic acids is 1. The second-order valence-corrected chi connectivity index (χ2v) is 7.37. The summed E-state index contributed by atoms with van der Waals surface area (Å²) in [5.74, 6) is 0.848. The van der Waals surface area contributed by atoms with Crippen LogP contribution in [-0.4, -0.2) is 13.0 Å². The van der Waals surface area contributed by atoms with E-state index in [0.29, 0.717) is 28.1 Å². The zero-order valence-electron chi connectivity index (χ0n) is 16.1. The number of aryl methyl sites for hydroxylation is 2. The molecule has 0 aliphatic heterocycles. The van der Waals surface area contributed by atoms with Crippen molar-refractivity contribution in [3.8, 4) is 11.5 Å². The lowest BCUT2D eigenvalue weighted by atomic mass is 10.1. The number of nitrogens with one attached hydrogen (secondary N) is 1. The maximum atomic E-state index is 12.8. The Balaban J connectivity index is 1.83. The lowest BCUT2D eigenvalue weighted by Crippen LogP contribution is -2.13. The van der Waals surface area contributed by atoms with Crippen LogP contribution in [0.2, 0.25) is 0 Å². The lowest BCUT2D eigenvalue weighted by molar-refractivity contribution is 0.102. The Labute approximate surface area is 173 Å². The van der Waals surface area contributed by atoms with Crippen LogP contribution in [0.15, 0.2) is 65.1 Å². The van der Waals surface area contributed by atoms with Crippen LogP contribution in [-0.2, 0) is 6.61 Å². The average Bonchev–Trinajstić information content (AvgIpc) is 2.69. The van der Waals surface area contributed by atoms with E-state index in [1.165, 1.54) is 5.56 Å². The Morgan fingerprint density at radius 2 is 1.75 bits per heavy atom. The first-order valence-corrected chi connectivity index (χ1v) is 9.70. The molecular weight excluding hydrogens is 418 g/mol. The van der Waals surface area contributed by atoms with Gasteiger partial charge in [-0.05, 0) is 70.7 Å². The standard InChI is InChI=1S/C23H22BrNO3/c1-15-9-10-19(11-16(15)2)25-23(26)18-12-20(24)22(27-3)21(13-18)28-14-17-7-5-4-6-8-17/h4-13H,14H2,1-3H3,(H,25,26). The number of methoxy groups -OCH3 is 1. The molecule has 0 saturated heterocycles. The predicted octanol–water partition coefficient (Wildman–Crippen LogP) is 5.91. The van der Waals surface area contributed by atoms with E-state index in [0.717, 1.165) is 16.8 Å². The minimum absolute atomic E-state index is 0.212. The van der Waals surface area contributed by atoms with E-state index >= 15 is 0 Å². The molecule has 0 unspecified atom stereocenters. The number of carbonyl (C=O) groups is 1. The molecule has 0 aliphatic carbocycles. The van der Waals surface area contributed by atoms with Crippen LogP contribution in [0.25, 0.3) is 0 Å². The summed E-state index contributed by atoms with van der Waals surface area (Å²) in [7, 11) is 1.57. The van der Waals surface area contributed by atoms with Crippen LogP contribution in [0.4, 0.5) is 5.69 Å². The first-order chi connectivity index (χ1) is 13.5. The monoisotopic (exact) mass is 439 g/mol. The van der Waals surface area contributed by atoms with E-state index in [1.54, 1.807) is 19.2 Å². The van der Waals surface area contributed by atoms with E-state index < -0.39 is 0 Å². The topological polar surface area (TPSA) is 47.6 Å². The van der Waals surface area contributed by atoms with Gasteiger partial charge in [0.1, 0.15) is 6.61 Å². The summed E-state index contributed by atoms with van der Waals surface area (Å²) in [6, 6.07) is 19.1. The number of hydrogen-bond donors (Lipinski definition) is 1. The highest BCUT2D eigenvalue weighted by atomic mass is 79.9. The molecule has 0 atom stereocenters. The Hall–Kier alpha value is -2.79. The summed E-state index contributed by atoms with van der Waals surface area (Å²) in [5, 5.41) is 2.94. The molecule has 0 spiro atoms. The first-order valence-electron chi connectivity index (χ1n) is 8.91. The largest absolute Gasteiger partial charge is 0.492 e. The fourth-order valence-electron chi connectivity index (χ4n) is 2.76. The molecule has 1 amide bonds. The summed E-state index contributed by atoms with van der Waals surface area (Å²) in [4.78, 5) is 12.8. The molecule has 3 aromatic rings. The molecule has 0 heterocycles. The van der Waals surface area contributed by atoms with E-state index in [-0.39, 0.29) is 5.91 Å². The highest BCUT2D eigenvalue weighted by Crippen LogP contribution is 2.37. The Morgan fingerprint density at radius 1 is 1.00 bits per heavy atom. The summed E-state index contributed by atoms with van der Waals surface area (Å²) >= 11 is 3.47. The quantitative estimate of drug-likeness (QED) is 0.519. The average molecular weight is 440 g/mol. The van der Waals surface area contributed by atoms with Gasteiger partial charge in [0.15, 0.2) is 11.5 Å². The van der Waals surface area contributed by atoms with Crippen molar-refractivity contribution in [2.45, 2.75) is 20.5 Å². The number of benzene rings is 3. The smallest absolute Gasteiger partial charge is 0.255 e. The Kier molecular flexibility index (Phi) is 6.37. The molecule has 0 saturated carbocycles. The summed E-state index contributed by atoms with van der Waals surface area (Å²) in [6.45, 7) is 4.44. The van der Waals surface area contributed by atoms with Gasteiger partial charge >= 0.3 is 0 Å². The predicted molar refractivity (Wildman–Crippen MR) is 115 cm³/mol. The summed E-state index contributed by atoms with van der Waals surface area (Å²) in [6.07, 6.45) is 0. The van der Waals surface area contributed by atoms with Crippen LogP contribution in [0.5, 0.6) is 11.5 Å².